The van der Waals surface area contributed by atoms with Crippen molar-refractivity contribution in [2.75, 3.05) is 12.5 Å². The number of pyridine rings is 1. The molecule has 3 heterocycles. The van der Waals surface area contributed by atoms with Crippen molar-refractivity contribution in [1.29, 1.82) is 0 Å². The number of ether oxygens (including phenoxy) is 2. The molecular formula is C14H10FN3O2. The van der Waals surface area contributed by atoms with Gasteiger partial charge in [0.1, 0.15) is 11.5 Å². The smallest absolute Gasteiger partial charge is 0.231 e. The molecule has 0 unspecified atom stereocenters. The number of aromatic nitrogens is 2. The lowest BCUT2D eigenvalue weighted by atomic mass is 10.1. The second-order valence-electron chi connectivity index (χ2n) is 4.46. The standard InChI is InChI=1S/C14H10FN3O2/c15-9-2-1-5-18-13(16)12(17-14(9)18)8-3-4-10-11(6-8)20-7-19-10/h1-6H,7,16H2. The van der Waals surface area contributed by atoms with Crippen molar-refractivity contribution in [2.24, 2.45) is 0 Å². The van der Waals surface area contributed by atoms with Crippen molar-refractivity contribution in [3.8, 4) is 22.8 Å². The van der Waals surface area contributed by atoms with Crippen LogP contribution in [-0.4, -0.2) is 16.2 Å². The SMILES string of the molecule is Nc1c(-c2ccc3c(c2)OCO3)nc2c(F)cccn12. The molecule has 0 saturated carbocycles. The molecule has 1 aromatic carbocycles. The molecule has 0 saturated heterocycles. The number of hydrogen-bond donors (Lipinski definition) is 1. The zero-order valence-electron chi connectivity index (χ0n) is 10.3. The van der Waals surface area contributed by atoms with Gasteiger partial charge in [-0.05, 0) is 30.3 Å². The number of imidazole rings is 1. The second-order valence-corrected chi connectivity index (χ2v) is 4.46. The van der Waals surface area contributed by atoms with Gasteiger partial charge in [-0.15, -0.1) is 0 Å². The Morgan fingerprint density at radius 3 is 2.90 bits per heavy atom. The predicted octanol–water partition coefficient (Wildman–Crippen LogP) is 2.45. The third-order valence-electron chi connectivity index (χ3n) is 3.29. The largest absolute Gasteiger partial charge is 0.454 e. The monoisotopic (exact) mass is 271 g/mol. The van der Waals surface area contributed by atoms with Crippen LogP contribution in [0.25, 0.3) is 16.9 Å². The molecule has 4 rings (SSSR count). The van der Waals surface area contributed by atoms with Gasteiger partial charge in [0.05, 0.1) is 0 Å². The van der Waals surface area contributed by atoms with E-state index in [1.165, 1.54) is 10.5 Å². The Morgan fingerprint density at radius 1 is 1.20 bits per heavy atom. The summed E-state index contributed by atoms with van der Waals surface area (Å²) in [4.78, 5) is 4.27. The average molecular weight is 271 g/mol. The fraction of sp³-hybridized carbons (Fsp3) is 0.0714. The summed E-state index contributed by atoms with van der Waals surface area (Å²) in [5.41, 5.74) is 7.53. The molecule has 2 aromatic heterocycles. The van der Waals surface area contributed by atoms with E-state index in [4.69, 9.17) is 15.2 Å². The first-order valence-electron chi connectivity index (χ1n) is 6.06. The van der Waals surface area contributed by atoms with Crippen molar-refractivity contribution in [2.45, 2.75) is 0 Å². The van der Waals surface area contributed by atoms with Crippen LogP contribution in [-0.2, 0) is 0 Å². The Hall–Kier alpha value is -2.76. The zero-order chi connectivity index (χ0) is 13.7. The summed E-state index contributed by atoms with van der Waals surface area (Å²) in [7, 11) is 0. The summed E-state index contributed by atoms with van der Waals surface area (Å²) < 4.78 is 25.8. The second kappa shape index (κ2) is 3.86. The fourth-order valence-electron chi connectivity index (χ4n) is 2.31. The number of benzene rings is 1. The Morgan fingerprint density at radius 2 is 2.05 bits per heavy atom. The molecule has 6 heteroatoms. The van der Waals surface area contributed by atoms with E-state index in [0.717, 1.165) is 5.56 Å². The van der Waals surface area contributed by atoms with Crippen LogP contribution >= 0.6 is 0 Å². The minimum absolute atomic E-state index is 0.202. The molecule has 20 heavy (non-hydrogen) atoms. The lowest BCUT2D eigenvalue weighted by Crippen LogP contribution is -1.94. The lowest BCUT2D eigenvalue weighted by Gasteiger charge is -2.01. The first-order chi connectivity index (χ1) is 9.74. The van der Waals surface area contributed by atoms with Crippen molar-refractivity contribution in [1.82, 2.24) is 9.38 Å². The summed E-state index contributed by atoms with van der Waals surface area (Å²) >= 11 is 0. The maximum Gasteiger partial charge on any atom is 0.231 e. The Kier molecular flexibility index (Phi) is 2.14. The molecule has 0 amide bonds. The van der Waals surface area contributed by atoms with Crippen LogP contribution in [0.2, 0.25) is 0 Å². The van der Waals surface area contributed by atoms with Crippen LogP contribution in [0.5, 0.6) is 11.5 Å². The van der Waals surface area contributed by atoms with Gasteiger partial charge >= 0.3 is 0 Å². The van der Waals surface area contributed by atoms with Gasteiger partial charge in [-0.2, -0.15) is 0 Å². The van der Waals surface area contributed by atoms with Crippen LogP contribution in [0.1, 0.15) is 0 Å². The fourth-order valence-corrected chi connectivity index (χ4v) is 2.31. The quantitative estimate of drug-likeness (QED) is 0.738. The summed E-state index contributed by atoms with van der Waals surface area (Å²) in [6.07, 6.45) is 1.68. The van der Waals surface area contributed by atoms with Gasteiger partial charge in [0, 0.05) is 11.8 Å². The minimum atomic E-state index is -0.411. The summed E-state index contributed by atoms with van der Waals surface area (Å²) in [6, 6.07) is 8.34. The number of nitrogens with zero attached hydrogens (tertiary/aromatic N) is 2. The van der Waals surface area contributed by atoms with E-state index in [-0.39, 0.29) is 12.4 Å². The molecular weight excluding hydrogens is 261 g/mol. The van der Waals surface area contributed by atoms with Gasteiger partial charge in [0.25, 0.3) is 0 Å². The summed E-state index contributed by atoms with van der Waals surface area (Å²) in [5.74, 6) is 1.30. The number of nitrogen functional groups attached to an aromatic ring is 1. The Bertz CT molecular complexity index is 829. The predicted molar refractivity (Wildman–Crippen MR) is 71.1 cm³/mol. The average Bonchev–Trinajstić information content (AvgIpc) is 3.04. The van der Waals surface area contributed by atoms with E-state index in [2.05, 4.69) is 4.98 Å². The number of halogens is 1. The molecule has 2 N–H and O–H groups in total. The van der Waals surface area contributed by atoms with E-state index in [0.29, 0.717) is 23.0 Å². The van der Waals surface area contributed by atoms with Crippen LogP contribution < -0.4 is 15.2 Å². The molecule has 1 aliphatic heterocycles. The normalized spacial score (nSPS) is 13.1. The van der Waals surface area contributed by atoms with E-state index >= 15 is 0 Å². The molecule has 0 atom stereocenters. The van der Waals surface area contributed by atoms with Gasteiger partial charge in [-0.25, -0.2) is 9.37 Å². The summed E-state index contributed by atoms with van der Waals surface area (Å²) in [6.45, 7) is 0.202. The van der Waals surface area contributed by atoms with Crippen molar-refractivity contribution in [3.63, 3.8) is 0 Å². The topological polar surface area (TPSA) is 61.8 Å². The lowest BCUT2D eigenvalue weighted by molar-refractivity contribution is 0.174. The van der Waals surface area contributed by atoms with Gasteiger partial charge < -0.3 is 15.2 Å². The van der Waals surface area contributed by atoms with Crippen molar-refractivity contribution in [3.05, 3.63) is 42.3 Å². The molecule has 0 bridgehead atoms. The van der Waals surface area contributed by atoms with Gasteiger partial charge in [0.2, 0.25) is 6.79 Å². The maximum absolute atomic E-state index is 13.7. The van der Waals surface area contributed by atoms with Gasteiger partial charge in [0.15, 0.2) is 23.0 Å². The number of anilines is 1. The van der Waals surface area contributed by atoms with Gasteiger partial charge in [-0.1, -0.05) is 0 Å². The molecule has 0 fully saturated rings. The molecule has 0 aliphatic carbocycles. The molecule has 0 spiro atoms. The number of fused-ring (bicyclic) bond motifs is 2. The van der Waals surface area contributed by atoms with Crippen LogP contribution in [0.15, 0.2) is 36.5 Å². The van der Waals surface area contributed by atoms with E-state index in [1.54, 1.807) is 24.4 Å². The molecule has 0 radical (unpaired) electrons. The maximum atomic E-state index is 13.7. The number of hydrogen-bond acceptors (Lipinski definition) is 4. The van der Waals surface area contributed by atoms with E-state index in [1.807, 2.05) is 6.07 Å². The van der Waals surface area contributed by atoms with Gasteiger partial charge in [-0.3, -0.25) is 4.40 Å². The highest BCUT2D eigenvalue weighted by Crippen LogP contribution is 2.37. The molecule has 100 valence electrons. The highest BCUT2D eigenvalue weighted by Gasteiger charge is 2.18. The Labute approximate surface area is 113 Å². The van der Waals surface area contributed by atoms with Crippen LogP contribution in [0.4, 0.5) is 10.2 Å². The van der Waals surface area contributed by atoms with Crippen molar-refractivity contribution < 1.29 is 13.9 Å². The molecule has 3 aromatic rings. The summed E-state index contributed by atoms with van der Waals surface area (Å²) in [5, 5.41) is 0. The zero-order valence-corrected chi connectivity index (χ0v) is 10.3. The third-order valence-corrected chi connectivity index (χ3v) is 3.29. The first-order valence-corrected chi connectivity index (χ1v) is 6.06. The molecule has 5 nitrogen and oxygen atoms in total. The van der Waals surface area contributed by atoms with Crippen LogP contribution in [0, 0.1) is 5.82 Å². The van der Waals surface area contributed by atoms with Crippen molar-refractivity contribution >= 4 is 11.5 Å². The Balaban J connectivity index is 1.94. The first kappa shape index (κ1) is 11.1. The number of rotatable bonds is 1. The van der Waals surface area contributed by atoms with E-state index < -0.39 is 5.82 Å². The molecule has 1 aliphatic rings. The highest BCUT2D eigenvalue weighted by atomic mass is 19.1. The minimum Gasteiger partial charge on any atom is -0.454 e. The van der Waals surface area contributed by atoms with Crippen LogP contribution in [0.3, 0.4) is 0 Å². The number of nitrogens with two attached hydrogens (primary N) is 1. The highest BCUT2D eigenvalue weighted by molar-refractivity contribution is 5.76. The third kappa shape index (κ3) is 1.45. The van der Waals surface area contributed by atoms with E-state index in [9.17, 15) is 4.39 Å².